The monoisotopic (exact) mass is 448 g/mol. The number of para-hydroxylation sites is 1. The van der Waals surface area contributed by atoms with Crippen molar-refractivity contribution in [2.24, 2.45) is 0 Å². The van der Waals surface area contributed by atoms with E-state index in [9.17, 15) is 18.1 Å². The Morgan fingerprint density at radius 3 is 1.87 bits per heavy atom. The summed E-state index contributed by atoms with van der Waals surface area (Å²) >= 11 is 0. The van der Waals surface area contributed by atoms with Crippen molar-refractivity contribution in [2.75, 3.05) is 0 Å². The molecule has 172 valence electrons. The smallest absolute Gasteiger partial charge is 0.301 e. The molecule has 2 aromatic rings. The number of aryl methyl sites for hydroxylation is 1. The first kappa shape index (κ1) is 25.2. The standard InChI is InChI=1S/C25H36O5S/c1-2-3-4-5-6-7-8-9-10-11-13-16-21-19-20-23(26)25(31(27,28)29)24(21)30-22-17-14-12-15-18-22/h12,14-15,17-20,26H,2-11,13,16H2,1H3,(H,27,28,29). The van der Waals surface area contributed by atoms with Crippen molar-refractivity contribution in [3.8, 4) is 17.2 Å². The first-order valence-corrected chi connectivity index (χ1v) is 12.9. The highest BCUT2D eigenvalue weighted by Gasteiger charge is 2.25. The Balaban J connectivity index is 1.91. The molecule has 0 atom stereocenters. The Bertz CT molecular complexity index is 878. The molecule has 0 amide bonds. The summed E-state index contributed by atoms with van der Waals surface area (Å²) in [4.78, 5) is -0.572. The molecule has 2 aromatic carbocycles. The van der Waals surface area contributed by atoms with Crippen molar-refractivity contribution in [1.29, 1.82) is 0 Å². The molecule has 0 radical (unpaired) electrons. The van der Waals surface area contributed by atoms with Crippen LogP contribution in [0.15, 0.2) is 47.4 Å². The maximum Gasteiger partial charge on any atom is 0.301 e. The minimum absolute atomic E-state index is 0.000722. The number of unbranched alkanes of at least 4 members (excludes halogenated alkanes) is 10. The molecular weight excluding hydrogens is 412 g/mol. The van der Waals surface area contributed by atoms with Crippen LogP contribution in [0.2, 0.25) is 0 Å². The second-order valence-electron chi connectivity index (χ2n) is 8.08. The molecule has 0 saturated heterocycles. The van der Waals surface area contributed by atoms with Gasteiger partial charge in [-0.1, -0.05) is 95.4 Å². The molecule has 6 heteroatoms. The third-order valence-electron chi connectivity index (χ3n) is 5.44. The summed E-state index contributed by atoms with van der Waals surface area (Å²) in [6.07, 6.45) is 14.1. The Hall–Kier alpha value is -2.05. The van der Waals surface area contributed by atoms with Crippen LogP contribution in [0.1, 0.15) is 83.1 Å². The summed E-state index contributed by atoms with van der Waals surface area (Å²) in [6.45, 7) is 2.23. The van der Waals surface area contributed by atoms with Crippen molar-refractivity contribution in [3.05, 3.63) is 48.0 Å². The fourth-order valence-electron chi connectivity index (χ4n) is 3.74. The van der Waals surface area contributed by atoms with Crippen LogP contribution in [0.4, 0.5) is 0 Å². The highest BCUT2D eigenvalue weighted by atomic mass is 32.2. The van der Waals surface area contributed by atoms with Gasteiger partial charge in [-0.25, -0.2) is 0 Å². The topological polar surface area (TPSA) is 83.8 Å². The minimum atomic E-state index is -4.64. The third-order valence-corrected chi connectivity index (χ3v) is 6.35. The molecule has 0 unspecified atom stereocenters. The summed E-state index contributed by atoms with van der Waals surface area (Å²) < 4.78 is 39.2. The Morgan fingerprint density at radius 2 is 1.32 bits per heavy atom. The van der Waals surface area contributed by atoms with E-state index in [1.807, 2.05) is 6.07 Å². The van der Waals surface area contributed by atoms with E-state index in [0.29, 0.717) is 17.7 Å². The Morgan fingerprint density at radius 1 is 0.774 bits per heavy atom. The molecular formula is C25H36O5S. The van der Waals surface area contributed by atoms with Crippen LogP contribution in [0.3, 0.4) is 0 Å². The first-order valence-electron chi connectivity index (χ1n) is 11.5. The zero-order chi connectivity index (χ0) is 22.5. The van der Waals surface area contributed by atoms with Crippen molar-refractivity contribution in [3.63, 3.8) is 0 Å². The number of phenols is 1. The van der Waals surface area contributed by atoms with Crippen LogP contribution in [0.5, 0.6) is 17.2 Å². The third kappa shape index (κ3) is 8.91. The zero-order valence-corrected chi connectivity index (χ0v) is 19.4. The lowest BCUT2D eigenvalue weighted by atomic mass is 10.0. The predicted molar refractivity (Wildman–Crippen MR) is 125 cm³/mol. The molecule has 0 saturated carbocycles. The number of rotatable bonds is 15. The molecule has 0 aliphatic heterocycles. The molecule has 0 fully saturated rings. The van der Waals surface area contributed by atoms with Crippen molar-refractivity contribution in [1.82, 2.24) is 0 Å². The second kappa shape index (κ2) is 13.4. The van der Waals surface area contributed by atoms with E-state index in [1.54, 1.807) is 30.3 Å². The maximum absolute atomic E-state index is 11.9. The van der Waals surface area contributed by atoms with Crippen LogP contribution in [-0.2, 0) is 16.5 Å². The van der Waals surface area contributed by atoms with E-state index in [1.165, 1.54) is 57.4 Å². The summed E-state index contributed by atoms with van der Waals surface area (Å²) in [5, 5.41) is 10.1. The van der Waals surface area contributed by atoms with Crippen molar-refractivity contribution >= 4 is 10.1 Å². The number of hydrogen-bond donors (Lipinski definition) is 2. The molecule has 0 bridgehead atoms. The van der Waals surface area contributed by atoms with E-state index >= 15 is 0 Å². The van der Waals surface area contributed by atoms with Gasteiger partial charge in [-0.2, -0.15) is 8.42 Å². The van der Waals surface area contributed by atoms with Crippen LogP contribution in [0.25, 0.3) is 0 Å². The van der Waals surface area contributed by atoms with Gasteiger partial charge in [-0.05, 0) is 36.6 Å². The molecule has 0 aliphatic carbocycles. The van der Waals surface area contributed by atoms with E-state index in [4.69, 9.17) is 4.74 Å². The number of aromatic hydroxyl groups is 1. The average molecular weight is 449 g/mol. The van der Waals surface area contributed by atoms with Gasteiger partial charge < -0.3 is 9.84 Å². The second-order valence-corrected chi connectivity index (χ2v) is 9.44. The van der Waals surface area contributed by atoms with Gasteiger partial charge >= 0.3 is 10.1 Å². The van der Waals surface area contributed by atoms with Gasteiger partial charge in [-0.3, -0.25) is 4.55 Å². The van der Waals surface area contributed by atoms with E-state index in [0.717, 1.165) is 19.3 Å². The Labute approximate surface area is 187 Å². The van der Waals surface area contributed by atoms with Gasteiger partial charge in [0.25, 0.3) is 0 Å². The molecule has 2 N–H and O–H groups in total. The van der Waals surface area contributed by atoms with Gasteiger partial charge in [0.1, 0.15) is 11.5 Å². The van der Waals surface area contributed by atoms with Crippen LogP contribution in [-0.4, -0.2) is 18.1 Å². The van der Waals surface area contributed by atoms with E-state index in [2.05, 4.69) is 6.92 Å². The zero-order valence-electron chi connectivity index (χ0n) is 18.6. The van der Waals surface area contributed by atoms with Crippen molar-refractivity contribution in [2.45, 2.75) is 88.9 Å². The molecule has 31 heavy (non-hydrogen) atoms. The summed E-state index contributed by atoms with van der Waals surface area (Å²) in [6, 6.07) is 11.7. The molecule has 0 aromatic heterocycles. The highest BCUT2D eigenvalue weighted by molar-refractivity contribution is 7.86. The number of ether oxygens (including phenoxy) is 1. The van der Waals surface area contributed by atoms with Gasteiger partial charge in [0.15, 0.2) is 10.6 Å². The molecule has 5 nitrogen and oxygen atoms in total. The maximum atomic E-state index is 11.9. The van der Waals surface area contributed by atoms with Crippen LogP contribution in [0, 0.1) is 0 Å². The predicted octanol–water partition coefficient (Wildman–Crippen LogP) is 7.28. The van der Waals surface area contributed by atoms with Gasteiger partial charge in [0, 0.05) is 0 Å². The number of benzene rings is 2. The first-order chi connectivity index (χ1) is 14.9. The van der Waals surface area contributed by atoms with Gasteiger partial charge in [0.2, 0.25) is 0 Å². The largest absolute Gasteiger partial charge is 0.506 e. The highest BCUT2D eigenvalue weighted by Crippen LogP contribution is 2.39. The average Bonchev–Trinajstić information content (AvgIpc) is 2.73. The Kier molecular flexibility index (Phi) is 10.9. The van der Waals surface area contributed by atoms with Gasteiger partial charge in [0.05, 0.1) is 0 Å². The quantitative estimate of drug-likeness (QED) is 0.221. The fourth-order valence-corrected chi connectivity index (χ4v) is 4.48. The van der Waals surface area contributed by atoms with Crippen molar-refractivity contribution < 1.29 is 22.8 Å². The summed E-state index contributed by atoms with van der Waals surface area (Å²) in [5.74, 6) is -0.0740. The molecule has 0 spiro atoms. The van der Waals surface area contributed by atoms with E-state index < -0.39 is 20.8 Å². The molecule has 2 rings (SSSR count). The summed E-state index contributed by atoms with van der Waals surface area (Å²) in [7, 11) is -4.64. The lowest BCUT2D eigenvalue weighted by Gasteiger charge is -2.15. The van der Waals surface area contributed by atoms with Crippen LogP contribution >= 0.6 is 0 Å². The normalized spacial score (nSPS) is 11.5. The van der Waals surface area contributed by atoms with Gasteiger partial charge in [-0.15, -0.1) is 0 Å². The van der Waals surface area contributed by atoms with E-state index in [-0.39, 0.29) is 5.75 Å². The van der Waals surface area contributed by atoms with Crippen LogP contribution < -0.4 is 4.74 Å². The fraction of sp³-hybridized carbons (Fsp3) is 0.520. The minimum Gasteiger partial charge on any atom is -0.506 e. The lowest BCUT2D eigenvalue weighted by Crippen LogP contribution is -2.04. The lowest BCUT2D eigenvalue weighted by molar-refractivity contribution is 0.411. The number of hydrogen-bond acceptors (Lipinski definition) is 4. The number of phenolic OH excluding ortho intramolecular Hbond substituents is 1. The molecule has 0 heterocycles. The SMILES string of the molecule is CCCCCCCCCCCCCc1ccc(O)c(S(=O)(=O)O)c1Oc1ccccc1. The molecule has 0 aliphatic rings. The summed E-state index contributed by atoms with van der Waals surface area (Å²) in [5.41, 5.74) is 0.658.